The van der Waals surface area contributed by atoms with Gasteiger partial charge in [0.15, 0.2) is 5.13 Å². The fraction of sp³-hybridized carbons (Fsp3) is 0.238. The Bertz CT molecular complexity index is 942. The number of anilines is 1. The Kier molecular flexibility index (Phi) is 5.27. The van der Waals surface area contributed by atoms with Gasteiger partial charge in [0.2, 0.25) is 5.91 Å². The lowest BCUT2D eigenvalue weighted by Gasteiger charge is -2.25. The molecule has 1 amide bonds. The Hall–Kier alpha value is -2.57. The van der Waals surface area contributed by atoms with Crippen molar-refractivity contribution in [3.05, 3.63) is 82.1 Å². The van der Waals surface area contributed by atoms with Gasteiger partial charge in [-0.15, -0.1) is 11.3 Å². The predicted molar refractivity (Wildman–Crippen MR) is 105 cm³/mol. The lowest BCUT2D eigenvalue weighted by molar-refractivity contribution is -0.115. The number of halogens is 1. The van der Waals surface area contributed by atoms with Crippen LogP contribution < -0.4 is 5.32 Å². The molecule has 1 aliphatic heterocycles. The number of hydrogen-bond acceptors (Lipinski definition) is 4. The van der Waals surface area contributed by atoms with Gasteiger partial charge in [0.25, 0.3) is 0 Å². The van der Waals surface area contributed by atoms with Gasteiger partial charge in [0.1, 0.15) is 5.82 Å². The van der Waals surface area contributed by atoms with Gasteiger partial charge in [-0.05, 0) is 17.2 Å². The molecule has 27 heavy (non-hydrogen) atoms. The highest BCUT2D eigenvalue weighted by Crippen LogP contribution is 2.29. The number of rotatable bonds is 5. The number of benzene rings is 2. The number of nitrogens with zero attached hydrogens (tertiary/aromatic N) is 2. The first-order valence-corrected chi connectivity index (χ1v) is 9.77. The molecule has 3 aromatic rings. The van der Waals surface area contributed by atoms with Crippen LogP contribution in [0.1, 0.15) is 21.7 Å². The molecule has 138 valence electrons. The molecular weight excluding hydrogens is 361 g/mol. The molecule has 2 heterocycles. The molecule has 1 N–H and O–H groups in total. The van der Waals surface area contributed by atoms with E-state index in [0.717, 1.165) is 31.7 Å². The third kappa shape index (κ3) is 4.40. The highest BCUT2D eigenvalue weighted by Gasteiger charge is 2.21. The summed E-state index contributed by atoms with van der Waals surface area (Å²) in [5.74, 6) is -0.602. The second-order valence-corrected chi connectivity index (χ2v) is 7.74. The maximum absolute atomic E-state index is 13.7. The maximum atomic E-state index is 13.7. The first kappa shape index (κ1) is 17.8. The van der Waals surface area contributed by atoms with E-state index in [1.807, 2.05) is 6.07 Å². The first-order valence-electron chi connectivity index (χ1n) is 8.95. The molecule has 4 nitrogen and oxygen atoms in total. The van der Waals surface area contributed by atoms with E-state index in [1.165, 1.54) is 27.8 Å². The Labute approximate surface area is 161 Å². The summed E-state index contributed by atoms with van der Waals surface area (Å²) < 4.78 is 13.7. The normalized spacial score (nSPS) is 14.0. The van der Waals surface area contributed by atoms with Gasteiger partial charge >= 0.3 is 0 Å². The largest absolute Gasteiger partial charge is 0.302 e. The van der Waals surface area contributed by atoms with E-state index in [4.69, 9.17) is 0 Å². The maximum Gasteiger partial charge on any atom is 0.230 e. The second kappa shape index (κ2) is 7.98. The van der Waals surface area contributed by atoms with Crippen LogP contribution in [0, 0.1) is 5.82 Å². The zero-order chi connectivity index (χ0) is 18.6. The lowest BCUT2D eigenvalue weighted by atomic mass is 10.1. The van der Waals surface area contributed by atoms with E-state index in [0.29, 0.717) is 10.7 Å². The number of fused-ring (bicyclic) bond motifs is 1. The summed E-state index contributed by atoms with van der Waals surface area (Å²) in [6.45, 7) is 2.70. The van der Waals surface area contributed by atoms with Crippen LogP contribution in [-0.2, 0) is 30.7 Å². The number of nitrogens with one attached hydrogen (secondary N) is 1. The molecule has 2 aromatic carbocycles. The fourth-order valence-electron chi connectivity index (χ4n) is 3.26. The van der Waals surface area contributed by atoms with Gasteiger partial charge in [-0.3, -0.25) is 9.69 Å². The number of aromatic nitrogens is 1. The molecule has 0 bridgehead atoms. The number of carbonyl (C=O) groups is 1. The van der Waals surface area contributed by atoms with Crippen LogP contribution in [0.3, 0.4) is 0 Å². The van der Waals surface area contributed by atoms with Crippen LogP contribution in [0.5, 0.6) is 0 Å². The van der Waals surface area contributed by atoms with Gasteiger partial charge in [-0.1, -0.05) is 48.5 Å². The van der Waals surface area contributed by atoms with Crippen molar-refractivity contribution in [2.75, 3.05) is 11.9 Å². The predicted octanol–water partition coefficient (Wildman–Crippen LogP) is 4.02. The minimum absolute atomic E-state index is 0.0110. The molecule has 0 fully saturated rings. The zero-order valence-corrected chi connectivity index (χ0v) is 15.6. The van der Waals surface area contributed by atoms with Crippen LogP contribution in [0.25, 0.3) is 0 Å². The highest BCUT2D eigenvalue weighted by molar-refractivity contribution is 7.15. The molecule has 0 spiro atoms. The summed E-state index contributed by atoms with van der Waals surface area (Å²) in [5, 5.41) is 3.42. The van der Waals surface area contributed by atoms with Crippen LogP contribution in [0.15, 0.2) is 54.6 Å². The molecule has 4 rings (SSSR count). The van der Waals surface area contributed by atoms with Crippen molar-refractivity contribution < 1.29 is 9.18 Å². The average molecular weight is 381 g/mol. The zero-order valence-electron chi connectivity index (χ0n) is 14.8. The summed E-state index contributed by atoms with van der Waals surface area (Å²) in [7, 11) is 0. The molecular formula is C21H20FN3OS. The Morgan fingerprint density at radius 2 is 1.93 bits per heavy atom. The highest BCUT2D eigenvalue weighted by atomic mass is 32.1. The van der Waals surface area contributed by atoms with Crippen molar-refractivity contribution in [2.45, 2.75) is 25.9 Å². The van der Waals surface area contributed by atoms with E-state index in [-0.39, 0.29) is 18.1 Å². The molecule has 0 atom stereocenters. The molecule has 1 aromatic heterocycles. The number of carbonyl (C=O) groups excluding carboxylic acids is 1. The molecule has 6 heteroatoms. The standard InChI is InChI=1S/C21H20FN3OS/c22-17-9-5-4-8-16(17)12-20(26)24-21-23-18-10-11-25(14-19(18)27-21)13-15-6-2-1-3-7-15/h1-9H,10-14H2,(H,23,24,26). The third-order valence-electron chi connectivity index (χ3n) is 4.61. The Morgan fingerprint density at radius 1 is 1.15 bits per heavy atom. The topological polar surface area (TPSA) is 45.2 Å². The number of thiazole rings is 1. The van der Waals surface area contributed by atoms with Crippen molar-refractivity contribution >= 4 is 22.4 Å². The lowest BCUT2D eigenvalue weighted by Crippen LogP contribution is -2.29. The number of hydrogen-bond donors (Lipinski definition) is 1. The summed E-state index contributed by atoms with van der Waals surface area (Å²) in [6, 6.07) is 16.8. The van der Waals surface area contributed by atoms with Crippen LogP contribution in [0.2, 0.25) is 0 Å². The van der Waals surface area contributed by atoms with Crippen molar-refractivity contribution in [2.24, 2.45) is 0 Å². The number of amides is 1. The summed E-state index contributed by atoms with van der Waals surface area (Å²) >= 11 is 1.51. The van der Waals surface area contributed by atoms with Crippen molar-refractivity contribution in [1.82, 2.24) is 9.88 Å². The van der Waals surface area contributed by atoms with Gasteiger partial charge in [0, 0.05) is 30.9 Å². The van der Waals surface area contributed by atoms with E-state index in [9.17, 15) is 9.18 Å². The van der Waals surface area contributed by atoms with Crippen LogP contribution >= 0.6 is 11.3 Å². The van der Waals surface area contributed by atoms with E-state index < -0.39 is 0 Å². The SMILES string of the molecule is O=C(Cc1ccccc1F)Nc1nc2c(s1)CN(Cc1ccccc1)CC2. The van der Waals surface area contributed by atoms with E-state index >= 15 is 0 Å². The monoisotopic (exact) mass is 381 g/mol. The van der Waals surface area contributed by atoms with E-state index in [2.05, 4.69) is 39.5 Å². The van der Waals surface area contributed by atoms with E-state index in [1.54, 1.807) is 18.2 Å². The Balaban J connectivity index is 1.38. The molecule has 0 saturated carbocycles. The van der Waals surface area contributed by atoms with Crippen LogP contribution in [0.4, 0.5) is 9.52 Å². The third-order valence-corrected chi connectivity index (χ3v) is 5.61. The molecule has 0 unspecified atom stereocenters. The van der Waals surface area contributed by atoms with Crippen molar-refractivity contribution in [1.29, 1.82) is 0 Å². The van der Waals surface area contributed by atoms with Gasteiger partial charge in [-0.2, -0.15) is 0 Å². The molecule has 1 aliphatic rings. The smallest absolute Gasteiger partial charge is 0.230 e. The minimum atomic E-state index is -0.359. The molecule has 0 radical (unpaired) electrons. The van der Waals surface area contributed by atoms with Gasteiger partial charge in [0.05, 0.1) is 12.1 Å². The van der Waals surface area contributed by atoms with Crippen LogP contribution in [-0.4, -0.2) is 22.3 Å². The molecule has 0 aliphatic carbocycles. The average Bonchev–Trinajstić information content (AvgIpc) is 3.06. The minimum Gasteiger partial charge on any atom is -0.302 e. The first-order chi connectivity index (χ1) is 13.2. The summed E-state index contributed by atoms with van der Waals surface area (Å²) in [5.41, 5.74) is 2.75. The van der Waals surface area contributed by atoms with Crippen molar-refractivity contribution in [3.8, 4) is 0 Å². The van der Waals surface area contributed by atoms with Crippen molar-refractivity contribution in [3.63, 3.8) is 0 Å². The van der Waals surface area contributed by atoms with Gasteiger partial charge in [-0.25, -0.2) is 9.37 Å². The quantitative estimate of drug-likeness (QED) is 0.726. The second-order valence-electron chi connectivity index (χ2n) is 6.65. The summed E-state index contributed by atoms with van der Waals surface area (Å²) in [6.07, 6.45) is 0.888. The summed E-state index contributed by atoms with van der Waals surface area (Å²) in [4.78, 5) is 20.4. The molecule has 0 saturated heterocycles. The van der Waals surface area contributed by atoms with Gasteiger partial charge < -0.3 is 5.32 Å². The fourth-order valence-corrected chi connectivity index (χ4v) is 4.32. The Morgan fingerprint density at radius 3 is 2.74 bits per heavy atom.